The minimum absolute atomic E-state index is 0.00170. The second kappa shape index (κ2) is 25.7. The molecule has 1 fully saturated rings. The molecule has 16 heteroatoms. The van der Waals surface area contributed by atoms with Gasteiger partial charge in [0.05, 0.1) is 19.6 Å². The van der Waals surface area contributed by atoms with Crippen molar-refractivity contribution in [2.75, 3.05) is 65.6 Å². The van der Waals surface area contributed by atoms with Crippen LogP contribution in [-0.2, 0) is 48.0 Å². The Morgan fingerprint density at radius 2 is 1.27 bits per heavy atom. The van der Waals surface area contributed by atoms with Gasteiger partial charge < -0.3 is 14.9 Å². The van der Waals surface area contributed by atoms with Gasteiger partial charge in [0.15, 0.2) is 6.33 Å². The van der Waals surface area contributed by atoms with E-state index in [1.165, 1.54) is 13.3 Å². The van der Waals surface area contributed by atoms with Crippen LogP contribution in [0, 0.1) is 0 Å². The molecule has 15 nitrogen and oxygen atoms in total. The van der Waals surface area contributed by atoms with Crippen molar-refractivity contribution in [3.8, 4) is 11.4 Å². The summed E-state index contributed by atoms with van der Waals surface area (Å²) in [5.41, 5.74) is 3.98. The molecule has 1 aromatic heterocycles. The number of hydrogen-bond donors (Lipinski definition) is 2. The number of rotatable bonds is 26. The van der Waals surface area contributed by atoms with Crippen LogP contribution in [0.2, 0.25) is 0 Å². The number of ketones is 3. The van der Waals surface area contributed by atoms with Crippen LogP contribution >= 0.6 is 12.2 Å². The van der Waals surface area contributed by atoms with Crippen molar-refractivity contribution in [3.63, 3.8) is 0 Å². The van der Waals surface area contributed by atoms with Crippen molar-refractivity contribution in [2.45, 2.75) is 83.6 Å². The molecule has 0 radical (unpaired) electrons. The molecule has 2 aromatic carbocycles. The monoisotopic (exact) mass is 831 g/mol. The summed E-state index contributed by atoms with van der Waals surface area (Å²) in [6.45, 7) is 4.77. The summed E-state index contributed by atoms with van der Waals surface area (Å²) in [5, 5.41) is 34.4. The van der Waals surface area contributed by atoms with Gasteiger partial charge in [-0.1, -0.05) is 60.7 Å². The van der Waals surface area contributed by atoms with E-state index in [1.807, 2.05) is 58.3 Å². The first kappa shape index (κ1) is 46.9. The van der Waals surface area contributed by atoms with Gasteiger partial charge in [-0.05, 0) is 67.0 Å². The van der Waals surface area contributed by atoms with Gasteiger partial charge in [-0.3, -0.25) is 38.7 Å². The molecule has 1 aliphatic heterocycles. The Morgan fingerprint density at radius 3 is 1.93 bits per heavy atom. The number of carboxylic acids is 2. The lowest BCUT2D eigenvalue weighted by atomic mass is 10.00. The standard InChI is InChI=1S/C43H57N7O8S/c1-32(51)27-49-20-19-48(29-41(54)55)21-22-50(30-42(56)57)37(28-49)25-34-9-11-35(12-10-34)26-40(59)8-4-24-58-23-3-7-38(52)5-2-6-39(53)18-15-33-13-16-36(17-14-33)43-46-44-31-45-47-43/h9-14,16-17,31,37H,2-8,15,18-30H2,1H3,(H,54,55)(H,56,57). The lowest BCUT2D eigenvalue weighted by Crippen LogP contribution is -2.48. The summed E-state index contributed by atoms with van der Waals surface area (Å²) in [6, 6.07) is 15.7. The Morgan fingerprint density at radius 1 is 0.695 bits per heavy atom. The van der Waals surface area contributed by atoms with Crippen LogP contribution in [0.3, 0.4) is 0 Å². The fourth-order valence-corrected chi connectivity index (χ4v) is 7.43. The molecule has 1 atom stereocenters. The number of carbonyl (C=O) groups is 5. The number of benzene rings is 2. The van der Waals surface area contributed by atoms with Gasteiger partial charge in [-0.15, -0.1) is 20.4 Å². The number of ether oxygens (including phenoxy) is 1. The van der Waals surface area contributed by atoms with E-state index in [-0.39, 0.29) is 43.0 Å². The van der Waals surface area contributed by atoms with Gasteiger partial charge in [-0.25, -0.2) is 0 Å². The van der Waals surface area contributed by atoms with Crippen LogP contribution < -0.4 is 0 Å². The van der Waals surface area contributed by atoms with Crippen LogP contribution in [0.5, 0.6) is 0 Å². The Balaban J connectivity index is 1.08. The van der Waals surface area contributed by atoms with E-state index in [0.717, 1.165) is 40.0 Å². The molecule has 0 spiro atoms. The Hall–Kier alpha value is -4.74. The van der Waals surface area contributed by atoms with Crippen LogP contribution in [0.25, 0.3) is 11.4 Å². The molecular weight excluding hydrogens is 775 g/mol. The molecule has 0 saturated carbocycles. The number of aryl methyl sites for hydroxylation is 1. The lowest BCUT2D eigenvalue weighted by Gasteiger charge is -2.33. The lowest BCUT2D eigenvalue weighted by molar-refractivity contribution is -0.140. The summed E-state index contributed by atoms with van der Waals surface area (Å²) in [7, 11) is 0. The van der Waals surface area contributed by atoms with Crippen LogP contribution in [0.15, 0.2) is 54.9 Å². The van der Waals surface area contributed by atoms with Crippen molar-refractivity contribution >= 4 is 46.4 Å². The van der Waals surface area contributed by atoms with E-state index in [0.29, 0.717) is 110 Å². The summed E-state index contributed by atoms with van der Waals surface area (Å²) in [5.74, 6) is -1.16. The van der Waals surface area contributed by atoms with Crippen molar-refractivity contribution in [1.29, 1.82) is 0 Å². The van der Waals surface area contributed by atoms with Gasteiger partial charge in [0.1, 0.15) is 17.3 Å². The topological polar surface area (TPSA) is 196 Å². The van der Waals surface area contributed by atoms with Gasteiger partial charge >= 0.3 is 11.9 Å². The van der Waals surface area contributed by atoms with Gasteiger partial charge in [0.25, 0.3) is 0 Å². The zero-order valence-corrected chi connectivity index (χ0v) is 34.8. The fraction of sp³-hybridized carbons (Fsp3) is 0.535. The van der Waals surface area contributed by atoms with Crippen molar-refractivity contribution < 1.29 is 38.9 Å². The van der Waals surface area contributed by atoms with E-state index >= 15 is 0 Å². The number of carboxylic acid groups (broad SMARTS) is 2. The van der Waals surface area contributed by atoms with Crippen LogP contribution in [0.1, 0.15) is 75.0 Å². The molecule has 0 bridgehead atoms. The third kappa shape index (κ3) is 18.8. The molecule has 2 N–H and O–H groups in total. The quantitative estimate of drug-likeness (QED) is 0.0871. The number of Topliss-reactive ketones (excluding diaryl/α,β-unsaturated/α-hetero) is 3. The highest BCUT2D eigenvalue weighted by atomic mass is 32.1. The summed E-state index contributed by atoms with van der Waals surface area (Å²) in [4.78, 5) is 66.7. The second-order valence-corrected chi connectivity index (χ2v) is 15.8. The maximum atomic E-state index is 12.4. The largest absolute Gasteiger partial charge is 0.480 e. The molecule has 3 aromatic rings. The van der Waals surface area contributed by atoms with E-state index in [2.05, 4.69) is 20.4 Å². The van der Waals surface area contributed by atoms with E-state index in [9.17, 15) is 34.2 Å². The predicted molar refractivity (Wildman–Crippen MR) is 225 cm³/mol. The number of aliphatic carboxylic acids is 2. The first-order chi connectivity index (χ1) is 28.4. The summed E-state index contributed by atoms with van der Waals surface area (Å²) >= 11 is 5.67. The van der Waals surface area contributed by atoms with E-state index < -0.39 is 11.9 Å². The first-order valence-corrected chi connectivity index (χ1v) is 20.8. The SMILES string of the molecule is CC(=O)CN1CCN(CC(=O)O)CCN(CC(=O)O)C(Cc2ccc(CC(=S)CCCOCCCC(=O)CCCC(=O)CCc3ccc(-c4nncnn4)cc3)cc2)C1. The van der Waals surface area contributed by atoms with Crippen molar-refractivity contribution in [1.82, 2.24) is 35.1 Å². The molecule has 4 rings (SSSR count). The van der Waals surface area contributed by atoms with Crippen molar-refractivity contribution in [2.24, 2.45) is 0 Å². The van der Waals surface area contributed by atoms with E-state index in [4.69, 9.17) is 17.0 Å². The second-order valence-electron chi connectivity index (χ2n) is 15.2. The highest BCUT2D eigenvalue weighted by molar-refractivity contribution is 7.80. The van der Waals surface area contributed by atoms with Crippen molar-refractivity contribution in [3.05, 3.63) is 71.5 Å². The summed E-state index contributed by atoms with van der Waals surface area (Å²) in [6.07, 6.45) is 7.54. The van der Waals surface area contributed by atoms with E-state index in [1.54, 1.807) is 4.90 Å². The average Bonchev–Trinajstić information content (AvgIpc) is 3.27. The Bertz CT molecular complexity index is 1810. The predicted octanol–water partition coefficient (Wildman–Crippen LogP) is 3.95. The van der Waals surface area contributed by atoms with Gasteiger partial charge in [0.2, 0.25) is 5.82 Å². The minimum atomic E-state index is -0.956. The number of thiocarbonyl (C=S) groups is 1. The number of hydrogen-bond acceptors (Lipinski definition) is 14. The molecule has 0 amide bonds. The van der Waals surface area contributed by atoms with Crippen LogP contribution in [-0.4, -0.2) is 151 Å². The molecule has 59 heavy (non-hydrogen) atoms. The number of aromatic nitrogens is 4. The highest BCUT2D eigenvalue weighted by Crippen LogP contribution is 2.17. The Labute approximate surface area is 351 Å². The maximum absolute atomic E-state index is 12.4. The summed E-state index contributed by atoms with van der Waals surface area (Å²) < 4.78 is 5.76. The van der Waals surface area contributed by atoms with Gasteiger partial charge in [0, 0.05) is 89.6 Å². The molecule has 1 aliphatic rings. The fourth-order valence-electron chi connectivity index (χ4n) is 7.12. The smallest absolute Gasteiger partial charge is 0.317 e. The molecule has 1 saturated heterocycles. The maximum Gasteiger partial charge on any atom is 0.317 e. The van der Waals surface area contributed by atoms with Crippen LogP contribution in [0.4, 0.5) is 0 Å². The zero-order chi connectivity index (χ0) is 42.4. The molecule has 1 unspecified atom stereocenters. The molecular formula is C43H57N7O8S. The highest BCUT2D eigenvalue weighted by Gasteiger charge is 2.27. The average molecular weight is 832 g/mol. The number of nitrogens with zero attached hydrogens (tertiary/aromatic N) is 7. The minimum Gasteiger partial charge on any atom is -0.480 e. The molecule has 318 valence electrons. The Kier molecular flexibility index (Phi) is 20.4. The van der Waals surface area contributed by atoms with Gasteiger partial charge in [-0.2, -0.15) is 0 Å². The third-order valence-electron chi connectivity index (χ3n) is 10.2. The molecule has 0 aliphatic carbocycles. The third-order valence-corrected chi connectivity index (χ3v) is 10.5. The first-order valence-electron chi connectivity index (χ1n) is 20.4. The zero-order valence-electron chi connectivity index (χ0n) is 34.0. The normalized spacial score (nSPS) is 15.5. The number of carbonyl (C=O) groups excluding carboxylic acids is 3. The molecule has 2 heterocycles.